The van der Waals surface area contributed by atoms with E-state index in [-0.39, 0.29) is 5.91 Å². The average molecular weight is 237 g/mol. The second-order valence-electron chi connectivity index (χ2n) is 5.28. The van der Waals surface area contributed by atoms with E-state index in [0.29, 0.717) is 24.7 Å². The molecule has 4 nitrogen and oxygen atoms in total. The molecular formula is C13H23N3O. The minimum atomic E-state index is -0.253. The molecule has 3 N–H and O–H groups in total. The molecule has 1 heterocycles. The monoisotopic (exact) mass is 237 g/mol. The molecule has 0 aliphatic rings. The fourth-order valence-electron chi connectivity index (χ4n) is 2.00. The van der Waals surface area contributed by atoms with Gasteiger partial charge in [0.1, 0.15) is 0 Å². The van der Waals surface area contributed by atoms with E-state index in [1.807, 2.05) is 0 Å². The largest absolute Gasteiger partial charge is 0.370 e. The SMILES string of the molecule is CC(C)Cc1[nH]nc(C(C)C)c1CCC(N)=O. The van der Waals surface area contributed by atoms with Crippen molar-refractivity contribution in [3.05, 3.63) is 17.0 Å². The van der Waals surface area contributed by atoms with Crippen molar-refractivity contribution in [2.75, 3.05) is 0 Å². The maximum Gasteiger partial charge on any atom is 0.217 e. The Balaban J connectivity index is 2.93. The number of carbonyl (C=O) groups is 1. The van der Waals surface area contributed by atoms with Crippen LogP contribution in [0.25, 0.3) is 0 Å². The van der Waals surface area contributed by atoms with Gasteiger partial charge in [0, 0.05) is 12.1 Å². The molecule has 0 spiro atoms. The van der Waals surface area contributed by atoms with Gasteiger partial charge in [0.05, 0.1) is 5.69 Å². The van der Waals surface area contributed by atoms with Crippen LogP contribution in [0, 0.1) is 5.92 Å². The lowest BCUT2D eigenvalue weighted by Gasteiger charge is -2.08. The number of aromatic amines is 1. The molecule has 0 radical (unpaired) electrons. The molecule has 0 aliphatic carbocycles. The lowest BCUT2D eigenvalue weighted by Crippen LogP contribution is -2.12. The Morgan fingerprint density at radius 1 is 1.35 bits per heavy atom. The van der Waals surface area contributed by atoms with Crippen molar-refractivity contribution >= 4 is 5.91 Å². The Morgan fingerprint density at radius 3 is 2.47 bits per heavy atom. The average Bonchev–Trinajstić information content (AvgIpc) is 2.57. The number of amides is 1. The summed E-state index contributed by atoms with van der Waals surface area (Å²) < 4.78 is 0. The highest BCUT2D eigenvalue weighted by Crippen LogP contribution is 2.23. The van der Waals surface area contributed by atoms with Crippen molar-refractivity contribution < 1.29 is 4.79 Å². The smallest absolute Gasteiger partial charge is 0.217 e. The highest BCUT2D eigenvalue weighted by atomic mass is 16.1. The molecule has 1 aromatic heterocycles. The molecule has 4 heteroatoms. The Labute approximate surface area is 103 Å². The predicted octanol–water partition coefficient (Wildman–Crippen LogP) is 2.15. The van der Waals surface area contributed by atoms with Crippen LogP contribution in [0.2, 0.25) is 0 Å². The zero-order valence-corrected chi connectivity index (χ0v) is 11.2. The molecule has 0 aromatic carbocycles. The summed E-state index contributed by atoms with van der Waals surface area (Å²) in [5, 5.41) is 7.48. The van der Waals surface area contributed by atoms with Gasteiger partial charge in [0.15, 0.2) is 0 Å². The third-order valence-electron chi connectivity index (χ3n) is 2.77. The van der Waals surface area contributed by atoms with Crippen LogP contribution in [0.3, 0.4) is 0 Å². The van der Waals surface area contributed by atoms with Gasteiger partial charge in [-0.1, -0.05) is 27.7 Å². The summed E-state index contributed by atoms with van der Waals surface area (Å²) in [5.41, 5.74) is 8.63. The highest BCUT2D eigenvalue weighted by Gasteiger charge is 2.16. The molecule has 0 unspecified atom stereocenters. The molecule has 1 rings (SSSR count). The van der Waals surface area contributed by atoms with Gasteiger partial charge in [-0.25, -0.2) is 0 Å². The van der Waals surface area contributed by atoms with Crippen molar-refractivity contribution in [3.63, 3.8) is 0 Å². The number of nitrogens with one attached hydrogen (secondary N) is 1. The first-order valence-corrected chi connectivity index (χ1v) is 6.26. The standard InChI is InChI=1S/C13H23N3O/c1-8(2)7-11-10(5-6-12(14)17)13(9(3)4)16-15-11/h8-9H,5-7H2,1-4H3,(H2,14,17)(H,15,16). The molecule has 96 valence electrons. The van der Waals surface area contributed by atoms with Gasteiger partial charge in [-0.3, -0.25) is 9.89 Å². The summed E-state index contributed by atoms with van der Waals surface area (Å²) in [6, 6.07) is 0. The maximum absolute atomic E-state index is 10.9. The lowest BCUT2D eigenvalue weighted by atomic mass is 9.96. The first-order chi connectivity index (χ1) is 7.91. The van der Waals surface area contributed by atoms with Gasteiger partial charge in [0.2, 0.25) is 5.91 Å². The minimum Gasteiger partial charge on any atom is -0.370 e. The van der Waals surface area contributed by atoms with Gasteiger partial charge < -0.3 is 5.73 Å². The van der Waals surface area contributed by atoms with E-state index < -0.39 is 0 Å². The van der Waals surface area contributed by atoms with Crippen LogP contribution in [-0.4, -0.2) is 16.1 Å². The van der Waals surface area contributed by atoms with E-state index in [2.05, 4.69) is 37.9 Å². The normalized spacial score (nSPS) is 11.4. The van der Waals surface area contributed by atoms with Gasteiger partial charge in [-0.15, -0.1) is 0 Å². The van der Waals surface area contributed by atoms with Crippen LogP contribution in [0.4, 0.5) is 0 Å². The molecule has 0 saturated carbocycles. The second-order valence-corrected chi connectivity index (χ2v) is 5.28. The van der Waals surface area contributed by atoms with Crippen LogP contribution in [-0.2, 0) is 17.6 Å². The topological polar surface area (TPSA) is 71.8 Å². The van der Waals surface area contributed by atoms with Crippen LogP contribution < -0.4 is 5.73 Å². The molecule has 1 aromatic rings. The fraction of sp³-hybridized carbons (Fsp3) is 0.692. The predicted molar refractivity (Wildman–Crippen MR) is 68.7 cm³/mol. The van der Waals surface area contributed by atoms with Crippen LogP contribution in [0.1, 0.15) is 57.0 Å². The Hall–Kier alpha value is -1.32. The van der Waals surface area contributed by atoms with E-state index >= 15 is 0 Å². The summed E-state index contributed by atoms with van der Waals surface area (Å²) in [6.45, 7) is 8.58. The van der Waals surface area contributed by atoms with Crippen molar-refractivity contribution in [2.24, 2.45) is 11.7 Å². The second kappa shape index (κ2) is 5.84. The van der Waals surface area contributed by atoms with Gasteiger partial charge >= 0.3 is 0 Å². The summed E-state index contributed by atoms with van der Waals surface area (Å²) in [5.74, 6) is 0.689. The number of carbonyl (C=O) groups excluding carboxylic acids is 1. The molecule has 0 atom stereocenters. The summed E-state index contributed by atoms with van der Waals surface area (Å²) in [6.07, 6.45) is 2.06. The van der Waals surface area contributed by atoms with Crippen molar-refractivity contribution in [1.29, 1.82) is 0 Å². The third-order valence-corrected chi connectivity index (χ3v) is 2.77. The first kappa shape index (κ1) is 13.7. The molecule has 17 heavy (non-hydrogen) atoms. The highest BCUT2D eigenvalue weighted by molar-refractivity contribution is 5.74. The lowest BCUT2D eigenvalue weighted by molar-refractivity contribution is -0.117. The van der Waals surface area contributed by atoms with E-state index in [1.54, 1.807) is 0 Å². The van der Waals surface area contributed by atoms with Gasteiger partial charge in [-0.05, 0) is 30.2 Å². The van der Waals surface area contributed by atoms with Crippen LogP contribution in [0.15, 0.2) is 0 Å². The molecule has 0 saturated heterocycles. The number of rotatable bonds is 6. The number of hydrogen-bond donors (Lipinski definition) is 2. The first-order valence-electron chi connectivity index (χ1n) is 6.26. The summed E-state index contributed by atoms with van der Waals surface area (Å²) in [4.78, 5) is 10.9. The number of aromatic nitrogens is 2. The number of nitrogens with zero attached hydrogens (tertiary/aromatic N) is 1. The molecule has 1 amide bonds. The van der Waals surface area contributed by atoms with E-state index in [1.165, 1.54) is 5.56 Å². The molecule has 0 aliphatic heterocycles. The van der Waals surface area contributed by atoms with Crippen LogP contribution in [0.5, 0.6) is 0 Å². The molecule has 0 fully saturated rings. The Kier molecular flexibility index (Phi) is 4.73. The number of primary amides is 1. The number of H-pyrrole nitrogens is 1. The number of hydrogen-bond acceptors (Lipinski definition) is 2. The van der Waals surface area contributed by atoms with Crippen LogP contribution >= 0.6 is 0 Å². The molecular weight excluding hydrogens is 214 g/mol. The van der Waals surface area contributed by atoms with Crippen molar-refractivity contribution in [2.45, 2.75) is 52.9 Å². The van der Waals surface area contributed by atoms with E-state index in [9.17, 15) is 4.79 Å². The van der Waals surface area contributed by atoms with E-state index in [0.717, 1.165) is 17.8 Å². The summed E-state index contributed by atoms with van der Waals surface area (Å²) >= 11 is 0. The van der Waals surface area contributed by atoms with E-state index in [4.69, 9.17) is 5.73 Å². The maximum atomic E-state index is 10.9. The zero-order chi connectivity index (χ0) is 13.0. The van der Waals surface area contributed by atoms with Gasteiger partial charge in [-0.2, -0.15) is 5.10 Å². The molecule has 0 bridgehead atoms. The fourth-order valence-corrected chi connectivity index (χ4v) is 2.00. The van der Waals surface area contributed by atoms with Gasteiger partial charge in [0.25, 0.3) is 0 Å². The zero-order valence-electron chi connectivity index (χ0n) is 11.2. The Morgan fingerprint density at radius 2 is 2.00 bits per heavy atom. The quantitative estimate of drug-likeness (QED) is 0.795. The van der Waals surface area contributed by atoms with Crippen molar-refractivity contribution in [3.8, 4) is 0 Å². The minimum absolute atomic E-state index is 0.253. The number of nitrogens with two attached hydrogens (primary N) is 1. The summed E-state index contributed by atoms with van der Waals surface area (Å²) in [7, 11) is 0. The third kappa shape index (κ3) is 3.88. The Bertz CT molecular complexity index is 380. The van der Waals surface area contributed by atoms with Crippen molar-refractivity contribution in [1.82, 2.24) is 10.2 Å².